The number of ether oxygens (including phenoxy) is 4. The van der Waals surface area contributed by atoms with E-state index in [0.717, 1.165) is 93.1 Å². The van der Waals surface area contributed by atoms with Crippen LogP contribution in [0, 0.1) is 11.8 Å². The Morgan fingerprint density at radius 1 is 1.08 bits per heavy atom. The minimum absolute atomic E-state index is 0.0523. The molecule has 2 N–H and O–H groups in total. The van der Waals surface area contributed by atoms with Crippen LogP contribution in [0.15, 0.2) is 35.9 Å². The first kappa shape index (κ1) is 30.0. The molecule has 0 radical (unpaired) electrons. The van der Waals surface area contributed by atoms with Crippen LogP contribution in [0.25, 0.3) is 0 Å². The number of aryl methyl sites for hydroxylation is 1. The van der Waals surface area contributed by atoms with E-state index in [0.29, 0.717) is 28.9 Å². The first-order valence-corrected chi connectivity index (χ1v) is 15.3. The summed E-state index contributed by atoms with van der Waals surface area (Å²) in [5.74, 6) is 2.25. The molecule has 0 amide bonds. The zero-order valence-corrected chi connectivity index (χ0v) is 25.3. The van der Waals surface area contributed by atoms with Crippen molar-refractivity contribution in [3.63, 3.8) is 0 Å². The lowest BCUT2D eigenvalue weighted by atomic mass is 9.73. The van der Waals surface area contributed by atoms with Crippen LogP contribution in [-0.2, 0) is 15.9 Å². The van der Waals surface area contributed by atoms with Crippen LogP contribution in [0.4, 0.5) is 0 Å². The fourth-order valence-electron chi connectivity index (χ4n) is 5.25. The molecule has 0 aromatic heterocycles. The Balaban J connectivity index is 1.67. The third-order valence-electron chi connectivity index (χ3n) is 7.73. The molecule has 3 aliphatic rings. The lowest BCUT2D eigenvalue weighted by Gasteiger charge is -2.33. The van der Waals surface area contributed by atoms with E-state index in [-0.39, 0.29) is 11.8 Å². The molecule has 6 nitrogen and oxygen atoms in total. The first-order chi connectivity index (χ1) is 18.8. The molecule has 4 rings (SSSR count). The average Bonchev–Trinajstić information content (AvgIpc) is 3.67. The number of epoxide rings is 1. The van der Waals surface area contributed by atoms with Crippen LogP contribution in [0.5, 0.6) is 11.5 Å². The van der Waals surface area contributed by atoms with Gasteiger partial charge in [0.1, 0.15) is 11.5 Å². The van der Waals surface area contributed by atoms with Crippen LogP contribution < -0.4 is 20.1 Å². The van der Waals surface area contributed by atoms with E-state index in [1.54, 1.807) is 0 Å². The van der Waals surface area contributed by atoms with Crippen molar-refractivity contribution in [2.24, 2.45) is 11.8 Å². The summed E-state index contributed by atoms with van der Waals surface area (Å²) >= 11 is 11.3. The van der Waals surface area contributed by atoms with Gasteiger partial charge in [0, 0.05) is 30.5 Å². The van der Waals surface area contributed by atoms with E-state index in [4.69, 9.17) is 43.4 Å². The number of nitrogens with one attached hydrogen (secondary N) is 2. The summed E-state index contributed by atoms with van der Waals surface area (Å²) in [7, 11) is 0. The maximum atomic E-state index is 6.43. The summed E-state index contributed by atoms with van der Waals surface area (Å²) < 4.78 is 23.5. The van der Waals surface area contributed by atoms with E-state index in [1.807, 2.05) is 0 Å². The van der Waals surface area contributed by atoms with Crippen LogP contribution in [0.2, 0.25) is 0 Å². The predicted octanol–water partition coefficient (Wildman–Crippen LogP) is 6.38. The third-order valence-corrected chi connectivity index (χ3v) is 8.19. The average molecular weight is 573 g/mol. The van der Waals surface area contributed by atoms with Crippen LogP contribution in [0.1, 0.15) is 76.3 Å². The van der Waals surface area contributed by atoms with Gasteiger partial charge < -0.3 is 29.6 Å². The van der Waals surface area contributed by atoms with Gasteiger partial charge in [0.2, 0.25) is 0 Å². The summed E-state index contributed by atoms with van der Waals surface area (Å²) in [6.45, 7) is 14.7. The molecule has 3 atom stereocenters. The Bertz CT molecular complexity index is 1060. The van der Waals surface area contributed by atoms with Crippen LogP contribution >= 0.6 is 24.4 Å². The molecule has 8 heteroatoms. The lowest BCUT2D eigenvalue weighted by Crippen LogP contribution is -2.40. The van der Waals surface area contributed by atoms with Gasteiger partial charge in [-0.25, -0.2) is 0 Å². The summed E-state index contributed by atoms with van der Waals surface area (Å²) in [5.41, 5.74) is 4.65. The zero-order valence-electron chi connectivity index (χ0n) is 23.7. The number of allylic oxidation sites excluding steroid dienone is 3. The zero-order chi connectivity index (χ0) is 27.8. The quantitative estimate of drug-likeness (QED) is 0.122. The molecule has 1 aromatic carbocycles. The number of hydrogen-bond acceptors (Lipinski definition) is 6. The van der Waals surface area contributed by atoms with E-state index in [9.17, 15) is 0 Å². The Kier molecular flexibility index (Phi) is 11.2. The largest absolute Gasteiger partial charge is 0.431 e. The van der Waals surface area contributed by atoms with Gasteiger partial charge in [-0.15, -0.1) is 0 Å². The molecule has 1 unspecified atom stereocenters. The van der Waals surface area contributed by atoms with Gasteiger partial charge in [0.15, 0.2) is 0 Å². The van der Waals surface area contributed by atoms with Crippen molar-refractivity contribution in [1.82, 2.24) is 10.6 Å². The lowest BCUT2D eigenvalue weighted by molar-refractivity contribution is -0.0290. The number of rotatable bonds is 13. The highest BCUT2D eigenvalue weighted by molar-refractivity contribution is 7.80. The SMILES string of the molecule is C=C(C)[C@@H]1CCC(C)=C[C@H]1c1c(OC(=S)NCCC2CO2)cc(CCCCC)cc1OC(=S)NCC1COC1. The van der Waals surface area contributed by atoms with Gasteiger partial charge in [0.05, 0.1) is 25.9 Å². The molecular formula is C31H44N2O4S2. The van der Waals surface area contributed by atoms with E-state index in [1.165, 1.54) is 12.0 Å². The summed E-state index contributed by atoms with van der Waals surface area (Å²) in [6.07, 6.45) is 10.1. The second-order valence-electron chi connectivity index (χ2n) is 11.2. The van der Waals surface area contributed by atoms with Gasteiger partial charge in [-0.1, -0.05) is 43.6 Å². The summed E-state index contributed by atoms with van der Waals surface area (Å²) in [5, 5.41) is 7.28. The summed E-state index contributed by atoms with van der Waals surface area (Å²) in [6, 6.07) is 4.29. The highest BCUT2D eigenvalue weighted by Crippen LogP contribution is 2.47. The standard InChI is InChI=1S/C31H44N2O4S2/c1-5-6-7-8-22-14-27(36-30(38)32-12-11-24-19-35-24)29(26-13-21(4)9-10-25(26)20(2)3)28(15-22)37-31(39)33-16-23-17-34-18-23/h13-15,23-26H,2,5-12,16-19H2,1,3-4H3,(H,32,38)(H,33,39)/t24?,25-,26+/m0/s1. The van der Waals surface area contributed by atoms with Crippen LogP contribution in [-0.4, -0.2) is 49.4 Å². The van der Waals surface area contributed by atoms with Crippen molar-refractivity contribution in [3.05, 3.63) is 47.1 Å². The fraction of sp³-hybridized carbons (Fsp3) is 0.613. The summed E-state index contributed by atoms with van der Waals surface area (Å²) in [4.78, 5) is 0. The van der Waals surface area contributed by atoms with Gasteiger partial charge in [-0.05, 0) is 94.0 Å². The first-order valence-electron chi connectivity index (χ1n) is 14.4. The topological polar surface area (TPSA) is 64.3 Å². The highest BCUT2D eigenvalue weighted by Gasteiger charge is 2.32. The molecule has 2 aliphatic heterocycles. The molecule has 0 saturated carbocycles. The molecular weight excluding hydrogens is 528 g/mol. The molecule has 2 heterocycles. The number of benzene rings is 1. The van der Waals surface area contributed by atoms with Crippen molar-refractivity contribution in [3.8, 4) is 11.5 Å². The van der Waals surface area contributed by atoms with Crippen molar-refractivity contribution in [2.75, 3.05) is 32.9 Å². The van der Waals surface area contributed by atoms with E-state index >= 15 is 0 Å². The number of hydrogen-bond donors (Lipinski definition) is 2. The van der Waals surface area contributed by atoms with E-state index in [2.05, 4.69) is 56.2 Å². The minimum Gasteiger partial charge on any atom is -0.431 e. The Hall–Kier alpha value is -2.00. The van der Waals surface area contributed by atoms with E-state index < -0.39 is 0 Å². The number of unbranched alkanes of at least 4 members (excludes halogenated alkanes) is 2. The van der Waals surface area contributed by atoms with Gasteiger partial charge in [-0.3, -0.25) is 0 Å². The number of thiocarbonyl (C=S) groups is 2. The molecule has 2 saturated heterocycles. The predicted molar refractivity (Wildman–Crippen MR) is 165 cm³/mol. The normalized spacial score (nSPS) is 22.3. The Morgan fingerprint density at radius 2 is 1.77 bits per heavy atom. The van der Waals surface area contributed by atoms with Gasteiger partial charge in [-0.2, -0.15) is 0 Å². The van der Waals surface area contributed by atoms with Crippen molar-refractivity contribution >= 4 is 34.8 Å². The minimum atomic E-state index is 0.0523. The molecule has 1 aromatic rings. The highest BCUT2D eigenvalue weighted by atomic mass is 32.1. The monoisotopic (exact) mass is 572 g/mol. The smallest absolute Gasteiger partial charge is 0.262 e. The molecule has 1 aliphatic carbocycles. The maximum Gasteiger partial charge on any atom is 0.262 e. The van der Waals surface area contributed by atoms with Crippen molar-refractivity contribution in [2.45, 2.75) is 77.7 Å². The van der Waals surface area contributed by atoms with Gasteiger partial charge >= 0.3 is 0 Å². The molecule has 2 fully saturated rings. The molecule has 39 heavy (non-hydrogen) atoms. The van der Waals surface area contributed by atoms with Crippen molar-refractivity contribution in [1.29, 1.82) is 0 Å². The van der Waals surface area contributed by atoms with Gasteiger partial charge in [0.25, 0.3) is 10.3 Å². The third kappa shape index (κ3) is 9.00. The fourth-order valence-corrected chi connectivity index (χ4v) is 5.62. The molecule has 214 valence electrons. The van der Waals surface area contributed by atoms with Crippen LogP contribution in [0.3, 0.4) is 0 Å². The maximum absolute atomic E-state index is 6.43. The molecule has 0 spiro atoms. The Labute approximate surface area is 244 Å². The second-order valence-corrected chi connectivity index (χ2v) is 12.0. The Morgan fingerprint density at radius 3 is 2.36 bits per heavy atom. The second kappa shape index (κ2) is 14.6. The van der Waals surface area contributed by atoms with Crippen molar-refractivity contribution < 1.29 is 18.9 Å². The molecule has 0 bridgehead atoms.